The molecule has 4 aliphatic rings. The molecule has 0 bridgehead atoms. The molecule has 0 radical (unpaired) electrons. The van der Waals surface area contributed by atoms with E-state index in [1.54, 1.807) is 20.8 Å². The number of halogens is 6. The molecule has 4 saturated carbocycles. The van der Waals surface area contributed by atoms with Crippen LogP contribution in [0.5, 0.6) is 0 Å². The average Bonchev–Trinajstić information content (AvgIpc) is 2.95. The quantitative estimate of drug-likeness (QED) is 0.262. The van der Waals surface area contributed by atoms with Crippen LogP contribution in [0.1, 0.15) is 125 Å². The van der Waals surface area contributed by atoms with Gasteiger partial charge < -0.3 is 63.3 Å². The predicted octanol–water partition coefficient (Wildman–Crippen LogP) is 4.77. The Balaban J connectivity index is -0.000000300. The van der Waals surface area contributed by atoms with Gasteiger partial charge in [-0.3, -0.25) is 0 Å². The zero-order valence-electron chi connectivity index (χ0n) is 28.1. The van der Waals surface area contributed by atoms with Gasteiger partial charge in [0.25, 0.3) is 0 Å². The van der Waals surface area contributed by atoms with Gasteiger partial charge in [0.15, 0.2) is 0 Å². The van der Waals surface area contributed by atoms with Crippen molar-refractivity contribution in [2.45, 2.75) is 137 Å². The third-order valence-corrected chi connectivity index (χ3v) is 10.8. The molecular formula is C30H59AlCl6MgO4SiTi. The monoisotopic (exact) mass is 820 g/mol. The van der Waals surface area contributed by atoms with E-state index in [1.807, 2.05) is 13.8 Å². The Morgan fingerprint density at radius 2 is 0.841 bits per heavy atom. The summed E-state index contributed by atoms with van der Waals surface area (Å²) in [6.45, 7) is 20.3. The van der Waals surface area contributed by atoms with Crippen molar-refractivity contribution < 1.29 is 54.9 Å². The summed E-state index contributed by atoms with van der Waals surface area (Å²) < 4.78 is 25.9. The third-order valence-electron chi connectivity index (χ3n) is 8.25. The van der Waals surface area contributed by atoms with Crippen LogP contribution in [0.2, 0.25) is 0 Å². The third kappa shape index (κ3) is 24.1. The second-order valence-corrected chi connectivity index (χ2v) is 28.0. The van der Waals surface area contributed by atoms with Crippen molar-refractivity contribution >= 4 is 86.7 Å². The molecule has 0 amide bonds. The van der Waals surface area contributed by atoms with Crippen LogP contribution < -0.4 is 24.8 Å². The van der Waals surface area contributed by atoms with Gasteiger partial charge in [0.1, 0.15) is 0 Å². The maximum Gasteiger partial charge on any atom is 2.00 e. The van der Waals surface area contributed by atoms with Crippen LogP contribution in [0, 0.1) is 44.4 Å². The summed E-state index contributed by atoms with van der Waals surface area (Å²) in [4.78, 5) is 0. The van der Waals surface area contributed by atoms with Crippen LogP contribution in [-0.2, 0) is 30.0 Å². The van der Waals surface area contributed by atoms with Crippen molar-refractivity contribution in [2.24, 2.45) is 23.7 Å². The molecular weight excluding hydrogens is 764 g/mol. The second kappa shape index (κ2) is 33.9. The van der Waals surface area contributed by atoms with Gasteiger partial charge in [-0.1, -0.05) is 51.4 Å². The molecule has 4 aliphatic carbocycles. The Labute approximate surface area is 332 Å². The number of hydrogen-bond acceptors (Lipinski definition) is 4. The van der Waals surface area contributed by atoms with Gasteiger partial charge in [-0.2, -0.15) is 20.8 Å². The van der Waals surface area contributed by atoms with Crippen molar-refractivity contribution in [1.82, 2.24) is 0 Å². The minimum absolute atomic E-state index is 0. The van der Waals surface area contributed by atoms with E-state index in [1.165, 1.54) is 77.0 Å². The molecule has 0 aromatic rings. The molecule has 14 heteroatoms. The summed E-state index contributed by atoms with van der Waals surface area (Å²) in [5, 5.41) is 0. The summed E-state index contributed by atoms with van der Waals surface area (Å²) in [5.74, 6) is 3.55. The first-order chi connectivity index (χ1) is 19.2. The van der Waals surface area contributed by atoms with Crippen LogP contribution >= 0.6 is 37.2 Å². The fraction of sp³-hybridized carbons (Fsp3) is 0.900. The summed E-state index contributed by atoms with van der Waals surface area (Å²) in [7, 11) is 17.0. The molecule has 258 valence electrons. The molecule has 4 nitrogen and oxygen atoms in total. The van der Waals surface area contributed by atoms with Crippen LogP contribution in [0.25, 0.3) is 0 Å². The van der Waals surface area contributed by atoms with Crippen LogP contribution in [0.3, 0.4) is 0 Å². The van der Waals surface area contributed by atoms with Gasteiger partial charge in [0.05, 0.1) is 12.2 Å². The fourth-order valence-electron chi connectivity index (χ4n) is 6.84. The largest absolute Gasteiger partial charge is 2.00 e. The molecule has 0 N–H and O–H groups in total. The minimum atomic E-state index is -3.11. The van der Waals surface area contributed by atoms with Crippen molar-refractivity contribution in [1.29, 1.82) is 0 Å². The molecule has 0 saturated heterocycles. The minimum Gasteiger partial charge on any atom is 2.00 e. The van der Waals surface area contributed by atoms with E-state index in [0.717, 1.165) is 36.5 Å². The van der Waals surface area contributed by atoms with E-state index in [-0.39, 0.29) is 77.4 Å². The zero-order valence-corrected chi connectivity index (χ0v) is 37.8. The van der Waals surface area contributed by atoms with Crippen LogP contribution in [0.15, 0.2) is 0 Å². The van der Waals surface area contributed by atoms with Crippen LogP contribution in [0.4, 0.5) is 0 Å². The molecule has 4 rings (SSSR count). The molecule has 0 heterocycles. The molecule has 44 heavy (non-hydrogen) atoms. The number of rotatable bonds is 8. The summed E-state index contributed by atoms with van der Waals surface area (Å²) in [6, 6.07) is 0. The predicted molar refractivity (Wildman–Crippen MR) is 185 cm³/mol. The summed E-state index contributed by atoms with van der Waals surface area (Å²) in [5.41, 5.74) is 0. The van der Waals surface area contributed by atoms with Gasteiger partial charge in [-0.15, -0.1) is 0 Å². The number of hydrogen-bond donors (Lipinski definition) is 0. The van der Waals surface area contributed by atoms with Gasteiger partial charge in [-0.25, -0.2) is 0 Å². The molecule has 6 atom stereocenters. The maximum atomic E-state index is 6.72. The molecule has 0 aromatic heterocycles. The van der Waals surface area contributed by atoms with Gasteiger partial charge in [0, 0.05) is 13.2 Å². The molecule has 4 fully saturated rings. The molecule has 0 spiro atoms. The SMILES string of the molecule is CCO[Si](OCC)(OC1CCC2CCCCC2C1)OC1CCC2CCCCC2C1.[Al+3].[CH2-]C.[CH2-]C.[CH2-]C.[Cl-].[Cl-].[Cl][Ti]([Cl])([Cl])[Cl].[Mg+2]. The maximum absolute atomic E-state index is 6.72. The van der Waals surface area contributed by atoms with Crippen LogP contribution in [-0.4, -0.2) is 74.9 Å². The van der Waals surface area contributed by atoms with Gasteiger partial charge in [-0.05, 0) is 76.0 Å². The Bertz CT molecular complexity index is 572. The van der Waals surface area contributed by atoms with E-state index in [2.05, 4.69) is 20.8 Å². The first-order valence-electron chi connectivity index (χ1n) is 15.7. The van der Waals surface area contributed by atoms with Crippen molar-refractivity contribution in [2.75, 3.05) is 13.2 Å². The second-order valence-electron chi connectivity index (χ2n) is 10.5. The van der Waals surface area contributed by atoms with Crippen molar-refractivity contribution in [3.63, 3.8) is 0 Å². The standard InChI is InChI=1S/C24H44O4Si.3C2H5.Al.6ClH.Mg.Ti/c1-3-25-29(26-4-2,27-23-15-13-19-9-5-7-11-21(19)17-23)28-24-16-14-20-10-6-8-12-22(20)18-24;3*1-2;;;;;;;;;/h19-24H,3-18H2,1-2H3;3*1H2,2H3;;6*1H;;/q;3*-1;+3;;;;;;;+2;+4/p-6. The molecule has 0 aliphatic heterocycles. The Morgan fingerprint density at radius 1 is 0.568 bits per heavy atom. The van der Waals surface area contributed by atoms with E-state index < -0.39 is 21.4 Å². The van der Waals surface area contributed by atoms with E-state index in [9.17, 15) is 0 Å². The zero-order chi connectivity index (χ0) is 30.6. The Morgan fingerprint density at radius 3 is 1.11 bits per heavy atom. The fourth-order valence-corrected chi connectivity index (χ4v) is 9.20. The average molecular weight is 824 g/mol. The summed E-state index contributed by atoms with van der Waals surface area (Å²) in [6.07, 6.45) is 19.1. The van der Waals surface area contributed by atoms with E-state index in [0.29, 0.717) is 13.2 Å². The topological polar surface area (TPSA) is 36.9 Å². The van der Waals surface area contributed by atoms with E-state index >= 15 is 0 Å². The van der Waals surface area contributed by atoms with Gasteiger partial charge >= 0.3 is 99.0 Å². The normalized spacial score (nSPS) is 27.0. The summed E-state index contributed by atoms with van der Waals surface area (Å²) >= 11 is -3.11. The Hall–Kier alpha value is 3.81. The molecule has 6 unspecified atom stereocenters. The molecule has 0 aromatic carbocycles. The van der Waals surface area contributed by atoms with Crippen molar-refractivity contribution in [3.8, 4) is 0 Å². The van der Waals surface area contributed by atoms with Gasteiger partial charge in [0.2, 0.25) is 0 Å². The first-order valence-corrected chi connectivity index (χ1v) is 25.9. The van der Waals surface area contributed by atoms with E-state index in [4.69, 9.17) is 54.9 Å². The number of fused-ring (bicyclic) bond motifs is 2. The van der Waals surface area contributed by atoms with Crippen molar-refractivity contribution in [3.05, 3.63) is 20.8 Å². The Kier molecular flexibility index (Phi) is 44.1. The smallest absolute Gasteiger partial charge is 2.00 e. The first kappa shape index (κ1) is 57.2.